The molecule has 0 spiro atoms. The Kier molecular flexibility index (Phi) is 12.1. The molecule has 308 valence electrons. The third-order valence-electron chi connectivity index (χ3n) is 11.6. The number of hydrogen-bond donors (Lipinski definition) is 1. The zero-order valence-electron chi connectivity index (χ0n) is 34.2. The quantitative estimate of drug-likeness (QED) is 0.132. The van der Waals surface area contributed by atoms with Gasteiger partial charge in [0.1, 0.15) is 29.4 Å². The summed E-state index contributed by atoms with van der Waals surface area (Å²) in [5.74, 6) is 1.85. The van der Waals surface area contributed by atoms with Gasteiger partial charge in [-0.15, -0.1) is 0 Å². The fraction of sp³-hybridized carbons (Fsp3) is 0.400. The number of carbonyl (C=O) groups is 3. The van der Waals surface area contributed by atoms with E-state index in [9.17, 15) is 14.4 Å². The minimum atomic E-state index is -0.293. The number of piperazine rings is 1. The van der Waals surface area contributed by atoms with Gasteiger partial charge in [-0.05, 0) is 78.6 Å². The maximum atomic E-state index is 13.4. The number of anilines is 3. The van der Waals surface area contributed by atoms with E-state index in [4.69, 9.17) is 14.5 Å². The number of hydrogen-bond acceptors (Lipinski definition) is 10. The summed E-state index contributed by atoms with van der Waals surface area (Å²) in [5.41, 5.74) is 5.17. The topological polar surface area (TPSA) is 129 Å². The van der Waals surface area contributed by atoms with Crippen molar-refractivity contribution in [2.24, 2.45) is 0 Å². The highest BCUT2D eigenvalue weighted by Gasteiger charge is 2.33. The number of nitrogens with zero attached hydrogens (tertiary/aromatic N) is 8. The predicted molar refractivity (Wildman–Crippen MR) is 227 cm³/mol. The zero-order valence-corrected chi connectivity index (χ0v) is 34.2. The molecule has 5 aromatic rings. The first-order valence-corrected chi connectivity index (χ1v) is 20.6. The van der Waals surface area contributed by atoms with Crippen molar-refractivity contribution in [3.63, 3.8) is 0 Å². The molecule has 2 saturated heterocycles. The van der Waals surface area contributed by atoms with Gasteiger partial charge in [-0.3, -0.25) is 29.2 Å². The van der Waals surface area contributed by atoms with E-state index in [2.05, 4.69) is 36.8 Å². The Morgan fingerprint density at radius 1 is 0.831 bits per heavy atom. The van der Waals surface area contributed by atoms with E-state index in [-0.39, 0.29) is 36.9 Å². The molecule has 0 unspecified atom stereocenters. The average Bonchev–Trinajstić information content (AvgIpc) is 3.92. The van der Waals surface area contributed by atoms with Crippen LogP contribution in [-0.4, -0.2) is 119 Å². The Morgan fingerprint density at radius 2 is 1.49 bits per heavy atom. The number of amides is 4. The minimum Gasteiger partial charge on any atom is -0.497 e. The van der Waals surface area contributed by atoms with E-state index >= 15 is 0 Å². The van der Waals surface area contributed by atoms with Crippen LogP contribution in [0.2, 0.25) is 0 Å². The van der Waals surface area contributed by atoms with Crippen molar-refractivity contribution in [3.8, 4) is 11.5 Å². The van der Waals surface area contributed by atoms with Crippen molar-refractivity contribution in [3.05, 3.63) is 102 Å². The number of rotatable bonds is 14. The van der Waals surface area contributed by atoms with Crippen molar-refractivity contribution in [2.75, 3.05) is 77.3 Å². The second kappa shape index (κ2) is 17.9. The van der Waals surface area contributed by atoms with E-state index in [1.54, 1.807) is 37.2 Å². The van der Waals surface area contributed by atoms with Gasteiger partial charge in [0.05, 0.1) is 13.7 Å². The minimum absolute atomic E-state index is 0.0224. The van der Waals surface area contributed by atoms with Gasteiger partial charge in [0.25, 0.3) is 5.91 Å². The molecule has 3 fully saturated rings. The van der Waals surface area contributed by atoms with E-state index < -0.39 is 0 Å². The molecular weight excluding hydrogens is 747 g/mol. The summed E-state index contributed by atoms with van der Waals surface area (Å²) in [6, 6.07) is 25.3. The van der Waals surface area contributed by atoms with Crippen molar-refractivity contribution >= 4 is 46.2 Å². The highest BCUT2D eigenvalue weighted by Crippen LogP contribution is 2.35. The van der Waals surface area contributed by atoms with Gasteiger partial charge in [-0.25, -0.2) is 9.78 Å². The molecule has 8 rings (SSSR count). The van der Waals surface area contributed by atoms with Gasteiger partial charge in [-0.2, -0.15) is 4.98 Å². The fourth-order valence-electron chi connectivity index (χ4n) is 8.26. The van der Waals surface area contributed by atoms with Gasteiger partial charge >= 0.3 is 6.03 Å². The molecule has 3 aromatic carbocycles. The molecule has 1 aliphatic carbocycles. The van der Waals surface area contributed by atoms with E-state index in [0.29, 0.717) is 24.8 Å². The van der Waals surface area contributed by atoms with E-state index in [1.807, 2.05) is 66.7 Å². The van der Waals surface area contributed by atoms with Gasteiger partial charge in [0.15, 0.2) is 0 Å². The number of urea groups is 1. The summed E-state index contributed by atoms with van der Waals surface area (Å²) in [6.07, 6.45) is 6.48. The smallest absolute Gasteiger partial charge is 0.331 e. The summed E-state index contributed by atoms with van der Waals surface area (Å²) in [4.78, 5) is 58.1. The van der Waals surface area contributed by atoms with Crippen LogP contribution in [0.5, 0.6) is 11.5 Å². The first-order chi connectivity index (χ1) is 28.7. The Bertz CT molecular complexity index is 2240. The Hall–Kier alpha value is -5.99. The number of fused-ring (bicyclic) bond motifs is 1. The summed E-state index contributed by atoms with van der Waals surface area (Å²) >= 11 is 0. The lowest BCUT2D eigenvalue weighted by Gasteiger charge is -2.35. The average molecular weight is 800 g/mol. The van der Waals surface area contributed by atoms with Crippen LogP contribution in [0.3, 0.4) is 0 Å². The lowest BCUT2D eigenvalue weighted by atomic mass is 10.1. The van der Waals surface area contributed by atoms with Crippen molar-refractivity contribution in [1.82, 2.24) is 34.1 Å². The van der Waals surface area contributed by atoms with Gasteiger partial charge < -0.3 is 24.3 Å². The molecule has 2 aromatic heterocycles. The van der Waals surface area contributed by atoms with Crippen LogP contribution in [0.25, 0.3) is 11.0 Å². The lowest BCUT2D eigenvalue weighted by molar-refractivity contribution is -0.129. The number of methoxy groups -OCH3 is 1. The fourth-order valence-corrected chi connectivity index (χ4v) is 8.26. The van der Waals surface area contributed by atoms with E-state index in [1.165, 1.54) is 10.5 Å². The van der Waals surface area contributed by atoms with Crippen LogP contribution < -0.4 is 19.7 Å². The molecule has 4 heterocycles. The normalized spacial score (nSPS) is 16.9. The highest BCUT2D eigenvalue weighted by atomic mass is 16.5. The summed E-state index contributed by atoms with van der Waals surface area (Å²) in [6.45, 7) is 6.73. The molecule has 4 amide bonds. The molecule has 3 aliphatic rings. The second-order valence-corrected chi connectivity index (χ2v) is 15.8. The first kappa shape index (κ1) is 39.8. The standard InChI is InChI=1S/C45H53N9O5/c1-49(2)43(56)40-28-34-29-46-44(48-42(34)54(40)37-6-4-5-7-37)47-35-12-18-39(19-13-35)59-27-26-50-22-24-51(25-23-50)30-32-8-14-36(15-9-32)52-21-20-41(55)53(45(52)57)31-33-10-16-38(58-3)17-11-33/h8-19,28-29,37H,4-7,20-27,30-31H2,1-3H3,(H,46,47,48). The zero-order chi connectivity index (χ0) is 40.9. The maximum Gasteiger partial charge on any atom is 0.331 e. The molecule has 0 atom stereocenters. The second-order valence-electron chi connectivity index (χ2n) is 15.8. The third kappa shape index (κ3) is 9.18. The number of aromatic nitrogens is 3. The summed E-state index contributed by atoms with van der Waals surface area (Å²) in [7, 11) is 5.17. The van der Waals surface area contributed by atoms with Crippen LogP contribution in [0.4, 0.5) is 22.1 Å². The van der Waals surface area contributed by atoms with Crippen molar-refractivity contribution in [2.45, 2.75) is 51.2 Å². The highest BCUT2D eigenvalue weighted by molar-refractivity contribution is 6.05. The molecule has 0 radical (unpaired) electrons. The first-order valence-electron chi connectivity index (χ1n) is 20.6. The molecule has 59 heavy (non-hydrogen) atoms. The predicted octanol–water partition coefficient (Wildman–Crippen LogP) is 6.56. The Labute approximate surface area is 345 Å². The van der Waals surface area contributed by atoms with Crippen LogP contribution in [0, 0.1) is 0 Å². The van der Waals surface area contributed by atoms with Crippen LogP contribution >= 0.6 is 0 Å². The number of ether oxygens (including phenoxy) is 2. The molecule has 1 N–H and O–H groups in total. The third-order valence-corrected chi connectivity index (χ3v) is 11.6. The number of imide groups is 1. The van der Waals surface area contributed by atoms with Crippen LogP contribution in [-0.2, 0) is 17.9 Å². The van der Waals surface area contributed by atoms with Gasteiger partial charge in [0.2, 0.25) is 11.9 Å². The SMILES string of the molecule is COc1ccc(CN2C(=O)CCN(c3ccc(CN4CCN(CCOc5ccc(Nc6ncc7cc(C(=O)N(C)C)n(C8CCCC8)c7n6)cc5)CC4)cc3)C2=O)cc1. The Morgan fingerprint density at radius 3 is 2.19 bits per heavy atom. The molecule has 14 heteroatoms. The van der Waals surface area contributed by atoms with Crippen LogP contribution in [0.15, 0.2) is 85.1 Å². The Balaban J connectivity index is 0.779. The van der Waals surface area contributed by atoms with Crippen molar-refractivity contribution < 1.29 is 23.9 Å². The molecule has 1 saturated carbocycles. The van der Waals surface area contributed by atoms with Gasteiger partial charge in [0, 0.05) is 95.3 Å². The molecule has 2 aliphatic heterocycles. The molecular formula is C45H53N9O5. The number of nitrogens with one attached hydrogen (secondary N) is 1. The maximum absolute atomic E-state index is 13.4. The van der Waals surface area contributed by atoms with Crippen molar-refractivity contribution in [1.29, 1.82) is 0 Å². The molecule has 14 nitrogen and oxygen atoms in total. The summed E-state index contributed by atoms with van der Waals surface area (Å²) in [5, 5.41) is 4.20. The number of benzene rings is 3. The van der Waals surface area contributed by atoms with Gasteiger partial charge in [-0.1, -0.05) is 37.1 Å². The van der Waals surface area contributed by atoms with E-state index in [0.717, 1.165) is 104 Å². The monoisotopic (exact) mass is 799 g/mol. The number of carbonyl (C=O) groups excluding carboxylic acids is 3. The molecule has 0 bridgehead atoms. The summed E-state index contributed by atoms with van der Waals surface area (Å²) < 4.78 is 13.5. The largest absolute Gasteiger partial charge is 0.497 e. The van der Waals surface area contributed by atoms with Crippen LogP contribution in [0.1, 0.15) is 59.8 Å². The lowest BCUT2D eigenvalue weighted by Crippen LogP contribution is -2.52.